The lowest BCUT2D eigenvalue weighted by Gasteiger charge is -2.28. The molecule has 0 saturated heterocycles. The van der Waals surface area contributed by atoms with Crippen LogP contribution < -0.4 is 4.90 Å². The van der Waals surface area contributed by atoms with E-state index in [4.69, 9.17) is 4.74 Å². The first kappa shape index (κ1) is 17.4. The average Bonchev–Trinajstić information content (AvgIpc) is 3.05. The van der Waals surface area contributed by atoms with Gasteiger partial charge in [-0.25, -0.2) is 14.8 Å². The summed E-state index contributed by atoms with van der Waals surface area (Å²) in [6, 6.07) is 10.5. The van der Waals surface area contributed by atoms with Crippen molar-refractivity contribution in [3.8, 4) is 0 Å². The van der Waals surface area contributed by atoms with E-state index in [2.05, 4.69) is 40.8 Å². The van der Waals surface area contributed by atoms with Crippen molar-refractivity contribution < 1.29 is 9.53 Å². The molecule has 0 N–H and O–H groups in total. The number of hydrogen-bond donors (Lipinski definition) is 0. The lowest BCUT2D eigenvalue weighted by Crippen LogP contribution is -2.31. The zero-order valence-corrected chi connectivity index (χ0v) is 15.4. The SMILES string of the molecule is CCOC(=O)c1csc2ncnc(N(Cc3ccccc3)C(C)C)c12. The minimum absolute atomic E-state index is 0.216. The summed E-state index contributed by atoms with van der Waals surface area (Å²) in [6.07, 6.45) is 1.56. The van der Waals surface area contributed by atoms with Crippen LogP contribution in [-0.4, -0.2) is 28.6 Å². The predicted molar refractivity (Wildman–Crippen MR) is 101 cm³/mol. The molecule has 0 saturated carbocycles. The first-order chi connectivity index (χ1) is 12.1. The number of carbonyl (C=O) groups excluding carboxylic acids is 1. The molecule has 0 unspecified atom stereocenters. The van der Waals surface area contributed by atoms with E-state index in [-0.39, 0.29) is 12.0 Å². The maximum atomic E-state index is 12.3. The summed E-state index contributed by atoms with van der Waals surface area (Å²) in [5.41, 5.74) is 1.73. The van der Waals surface area contributed by atoms with Crippen LogP contribution in [-0.2, 0) is 11.3 Å². The van der Waals surface area contributed by atoms with Crippen LogP contribution in [0, 0.1) is 0 Å². The third-order valence-electron chi connectivity index (χ3n) is 3.94. The summed E-state index contributed by atoms with van der Waals surface area (Å²) in [5, 5.41) is 2.58. The molecule has 1 aromatic carbocycles. The molecule has 3 aromatic rings. The molecule has 5 nitrogen and oxygen atoms in total. The van der Waals surface area contributed by atoms with Gasteiger partial charge in [0.25, 0.3) is 0 Å². The second-order valence-electron chi connectivity index (χ2n) is 5.95. The monoisotopic (exact) mass is 355 g/mol. The van der Waals surface area contributed by atoms with Gasteiger partial charge in [0.05, 0.1) is 17.6 Å². The number of fused-ring (bicyclic) bond motifs is 1. The van der Waals surface area contributed by atoms with Crippen molar-refractivity contribution in [1.82, 2.24) is 9.97 Å². The van der Waals surface area contributed by atoms with Crippen LogP contribution in [0.3, 0.4) is 0 Å². The molecule has 3 rings (SSSR count). The van der Waals surface area contributed by atoms with E-state index in [1.54, 1.807) is 13.3 Å². The second-order valence-corrected chi connectivity index (χ2v) is 6.81. The van der Waals surface area contributed by atoms with Crippen molar-refractivity contribution in [2.24, 2.45) is 0 Å². The van der Waals surface area contributed by atoms with Crippen molar-refractivity contribution >= 4 is 33.3 Å². The fraction of sp³-hybridized carbons (Fsp3) is 0.316. The van der Waals surface area contributed by atoms with Gasteiger partial charge in [0.2, 0.25) is 0 Å². The van der Waals surface area contributed by atoms with E-state index in [1.165, 1.54) is 16.9 Å². The normalized spacial score (nSPS) is 11.0. The predicted octanol–water partition coefficient (Wildman–Crippen LogP) is 4.28. The van der Waals surface area contributed by atoms with E-state index in [1.807, 2.05) is 23.6 Å². The van der Waals surface area contributed by atoms with Gasteiger partial charge in [-0.3, -0.25) is 0 Å². The molecule has 0 aliphatic heterocycles. The number of benzene rings is 1. The molecular weight excluding hydrogens is 334 g/mol. The maximum absolute atomic E-state index is 12.3. The first-order valence-electron chi connectivity index (χ1n) is 8.31. The molecule has 0 aliphatic carbocycles. The Labute approximate surface area is 151 Å². The minimum Gasteiger partial charge on any atom is -0.462 e. The fourth-order valence-corrected chi connectivity index (χ4v) is 3.59. The summed E-state index contributed by atoms with van der Waals surface area (Å²) in [7, 11) is 0. The first-order valence-corrected chi connectivity index (χ1v) is 9.19. The van der Waals surface area contributed by atoms with Crippen LogP contribution in [0.5, 0.6) is 0 Å². The Bertz CT molecular complexity index is 861. The molecule has 6 heteroatoms. The third-order valence-corrected chi connectivity index (χ3v) is 4.82. The average molecular weight is 355 g/mol. The number of hydrogen-bond acceptors (Lipinski definition) is 6. The number of aromatic nitrogens is 2. The Balaban J connectivity index is 2.08. The van der Waals surface area contributed by atoms with Crippen molar-refractivity contribution in [2.75, 3.05) is 11.5 Å². The number of carbonyl (C=O) groups is 1. The molecular formula is C19H21N3O2S. The van der Waals surface area contributed by atoms with Gasteiger partial charge in [-0.05, 0) is 26.3 Å². The Kier molecular flexibility index (Phi) is 5.28. The van der Waals surface area contributed by atoms with Gasteiger partial charge in [0.15, 0.2) is 0 Å². The molecule has 2 heterocycles. The zero-order chi connectivity index (χ0) is 17.8. The lowest BCUT2D eigenvalue weighted by molar-refractivity contribution is 0.0529. The number of nitrogens with zero attached hydrogens (tertiary/aromatic N) is 3. The van der Waals surface area contributed by atoms with Crippen LogP contribution in [0.4, 0.5) is 5.82 Å². The summed E-state index contributed by atoms with van der Waals surface area (Å²) >= 11 is 1.44. The van der Waals surface area contributed by atoms with Crippen LogP contribution >= 0.6 is 11.3 Å². The number of rotatable bonds is 6. The lowest BCUT2D eigenvalue weighted by atomic mass is 10.1. The van der Waals surface area contributed by atoms with Crippen LogP contribution in [0.2, 0.25) is 0 Å². The Morgan fingerprint density at radius 2 is 2.00 bits per heavy atom. The van der Waals surface area contributed by atoms with Gasteiger partial charge in [-0.2, -0.15) is 0 Å². The van der Waals surface area contributed by atoms with Gasteiger partial charge >= 0.3 is 5.97 Å². The highest BCUT2D eigenvalue weighted by atomic mass is 32.1. The summed E-state index contributed by atoms with van der Waals surface area (Å²) in [6.45, 7) is 7.10. The topological polar surface area (TPSA) is 55.3 Å². The van der Waals surface area contributed by atoms with E-state index in [0.717, 1.165) is 16.0 Å². The number of anilines is 1. The van der Waals surface area contributed by atoms with E-state index < -0.39 is 0 Å². The highest BCUT2D eigenvalue weighted by Crippen LogP contribution is 2.33. The van der Waals surface area contributed by atoms with Crippen molar-refractivity contribution in [3.63, 3.8) is 0 Å². The largest absolute Gasteiger partial charge is 0.462 e. The Hall–Kier alpha value is -2.47. The second kappa shape index (κ2) is 7.61. The maximum Gasteiger partial charge on any atom is 0.339 e. The standard InChI is InChI=1S/C19H21N3O2S/c1-4-24-19(23)15-11-25-18-16(15)17(20-12-21-18)22(13(2)3)10-14-8-6-5-7-9-14/h5-9,11-13H,4,10H2,1-3H3. The third kappa shape index (κ3) is 3.64. The molecule has 25 heavy (non-hydrogen) atoms. The molecule has 0 radical (unpaired) electrons. The minimum atomic E-state index is -0.326. The molecule has 130 valence electrons. The van der Waals surface area contributed by atoms with Gasteiger partial charge in [-0.1, -0.05) is 30.3 Å². The molecule has 0 spiro atoms. The van der Waals surface area contributed by atoms with Crippen molar-refractivity contribution in [3.05, 3.63) is 53.2 Å². The highest BCUT2D eigenvalue weighted by molar-refractivity contribution is 7.17. The molecule has 0 bridgehead atoms. The highest BCUT2D eigenvalue weighted by Gasteiger charge is 2.23. The van der Waals surface area contributed by atoms with Crippen LogP contribution in [0.1, 0.15) is 36.7 Å². The number of thiophene rings is 1. The van der Waals surface area contributed by atoms with Gasteiger partial charge < -0.3 is 9.64 Å². The van der Waals surface area contributed by atoms with E-state index >= 15 is 0 Å². The fourth-order valence-electron chi connectivity index (χ4n) is 2.72. The van der Waals surface area contributed by atoms with E-state index in [9.17, 15) is 4.79 Å². The Morgan fingerprint density at radius 3 is 2.68 bits per heavy atom. The summed E-state index contributed by atoms with van der Waals surface area (Å²) in [4.78, 5) is 24.2. The number of esters is 1. The van der Waals surface area contributed by atoms with Gasteiger partial charge in [0, 0.05) is 18.0 Å². The van der Waals surface area contributed by atoms with E-state index in [0.29, 0.717) is 18.7 Å². The smallest absolute Gasteiger partial charge is 0.339 e. The van der Waals surface area contributed by atoms with Crippen molar-refractivity contribution in [1.29, 1.82) is 0 Å². The zero-order valence-electron chi connectivity index (χ0n) is 14.6. The van der Waals surface area contributed by atoms with Crippen molar-refractivity contribution in [2.45, 2.75) is 33.4 Å². The summed E-state index contributed by atoms with van der Waals surface area (Å²) < 4.78 is 5.20. The molecule has 0 amide bonds. The Morgan fingerprint density at radius 1 is 1.24 bits per heavy atom. The molecule has 0 aliphatic rings. The van der Waals surface area contributed by atoms with Crippen LogP contribution in [0.15, 0.2) is 42.0 Å². The van der Waals surface area contributed by atoms with Gasteiger partial charge in [0.1, 0.15) is 17.0 Å². The van der Waals surface area contributed by atoms with Crippen LogP contribution in [0.25, 0.3) is 10.2 Å². The summed E-state index contributed by atoms with van der Waals surface area (Å²) in [5.74, 6) is 0.446. The molecule has 2 aromatic heterocycles. The molecule has 0 fully saturated rings. The quantitative estimate of drug-likeness (QED) is 0.618. The number of ether oxygens (including phenoxy) is 1. The van der Waals surface area contributed by atoms with Gasteiger partial charge in [-0.15, -0.1) is 11.3 Å². The molecule has 0 atom stereocenters.